The molecular weight excluding hydrogens is 366 g/mol. The molecule has 0 amide bonds. The van der Waals surface area contributed by atoms with Gasteiger partial charge in [0.1, 0.15) is 17.2 Å². The molecule has 6 nitrogen and oxygen atoms in total. The molecule has 122 valence electrons. The van der Waals surface area contributed by atoms with Crippen LogP contribution in [0.25, 0.3) is 0 Å². The van der Waals surface area contributed by atoms with E-state index in [0.717, 1.165) is 4.47 Å². The van der Waals surface area contributed by atoms with Gasteiger partial charge in [-0.2, -0.15) is 0 Å². The van der Waals surface area contributed by atoms with Crippen LogP contribution in [0.2, 0.25) is 0 Å². The highest BCUT2D eigenvalue weighted by Gasteiger charge is 2.27. The lowest BCUT2D eigenvalue weighted by molar-refractivity contribution is -0.481. The summed E-state index contributed by atoms with van der Waals surface area (Å²) in [6.07, 6.45) is 0. The Balaban J connectivity index is 2.59. The normalized spacial score (nSPS) is 11.8. The number of nitro groups is 1. The number of phenolic OH excluding ortho intramolecular Hbond substituents is 1. The quantitative estimate of drug-likeness (QED) is 0.610. The van der Waals surface area contributed by atoms with Crippen molar-refractivity contribution >= 4 is 15.9 Å². The predicted molar refractivity (Wildman–Crippen MR) is 89.1 cm³/mol. The van der Waals surface area contributed by atoms with Gasteiger partial charge in [0.15, 0.2) is 0 Å². The van der Waals surface area contributed by atoms with Crippen molar-refractivity contribution in [3.05, 3.63) is 62.1 Å². The first-order chi connectivity index (χ1) is 11.0. The van der Waals surface area contributed by atoms with E-state index in [9.17, 15) is 15.2 Å². The SMILES string of the molecule is COc1cc(O)c([C@H](C[N+](=O)[O-])c2ccc(Br)cc2)c(OC)c1. The van der Waals surface area contributed by atoms with E-state index >= 15 is 0 Å². The fourth-order valence-corrected chi connectivity index (χ4v) is 2.70. The Hall–Kier alpha value is -2.28. The highest BCUT2D eigenvalue weighted by molar-refractivity contribution is 9.10. The average molecular weight is 382 g/mol. The largest absolute Gasteiger partial charge is 0.507 e. The number of benzene rings is 2. The van der Waals surface area contributed by atoms with Crippen molar-refractivity contribution in [1.82, 2.24) is 0 Å². The molecule has 2 rings (SSSR count). The smallest absolute Gasteiger partial charge is 0.214 e. The lowest BCUT2D eigenvalue weighted by atomic mass is 9.89. The summed E-state index contributed by atoms with van der Waals surface area (Å²) in [7, 11) is 2.92. The van der Waals surface area contributed by atoms with Gasteiger partial charge in [-0.1, -0.05) is 28.1 Å². The topological polar surface area (TPSA) is 81.8 Å². The summed E-state index contributed by atoms with van der Waals surface area (Å²) in [4.78, 5) is 10.7. The first-order valence-electron chi connectivity index (χ1n) is 6.78. The van der Waals surface area contributed by atoms with E-state index in [0.29, 0.717) is 22.6 Å². The van der Waals surface area contributed by atoms with Crippen molar-refractivity contribution < 1.29 is 19.5 Å². The maximum absolute atomic E-state index is 11.1. The van der Waals surface area contributed by atoms with Gasteiger partial charge in [-0.25, -0.2) is 0 Å². The number of phenols is 1. The Morgan fingerprint density at radius 2 is 1.87 bits per heavy atom. The molecule has 0 radical (unpaired) electrons. The number of methoxy groups -OCH3 is 2. The van der Waals surface area contributed by atoms with E-state index in [-0.39, 0.29) is 12.3 Å². The molecule has 23 heavy (non-hydrogen) atoms. The molecule has 0 unspecified atom stereocenters. The Morgan fingerprint density at radius 1 is 1.22 bits per heavy atom. The number of halogens is 1. The van der Waals surface area contributed by atoms with Crippen LogP contribution in [0.1, 0.15) is 17.0 Å². The number of rotatable bonds is 6. The van der Waals surface area contributed by atoms with Crippen LogP contribution in [0.4, 0.5) is 0 Å². The number of ether oxygens (including phenoxy) is 2. The third-order valence-electron chi connectivity index (χ3n) is 3.50. The van der Waals surface area contributed by atoms with Gasteiger partial charge in [-0.3, -0.25) is 10.1 Å². The van der Waals surface area contributed by atoms with Crippen LogP contribution < -0.4 is 9.47 Å². The summed E-state index contributed by atoms with van der Waals surface area (Å²) < 4.78 is 11.3. The summed E-state index contributed by atoms with van der Waals surface area (Å²) in [6.45, 7) is -0.363. The van der Waals surface area contributed by atoms with Crippen molar-refractivity contribution in [2.45, 2.75) is 5.92 Å². The van der Waals surface area contributed by atoms with Crippen molar-refractivity contribution in [3.63, 3.8) is 0 Å². The maximum atomic E-state index is 11.1. The molecule has 0 aliphatic heterocycles. The van der Waals surface area contributed by atoms with Gasteiger partial charge in [0.05, 0.1) is 25.7 Å². The Bertz CT molecular complexity index is 702. The van der Waals surface area contributed by atoms with Crippen molar-refractivity contribution in [2.24, 2.45) is 0 Å². The predicted octanol–water partition coefficient (Wildman–Crippen LogP) is 3.58. The zero-order chi connectivity index (χ0) is 17.0. The standard InChI is InChI=1S/C16H16BrNO5/c1-22-12-7-14(19)16(15(8-12)23-2)13(9-18(20)21)10-3-5-11(17)6-4-10/h3-8,13,19H,9H2,1-2H3/t13-/m1/s1. The maximum Gasteiger partial charge on any atom is 0.214 e. The molecule has 2 aromatic carbocycles. The Morgan fingerprint density at radius 3 is 2.39 bits per heavy atom. The van der Waals surface area contributed by atoms with Crippen LogP contribution >= 0.6 is 15.9 Å². The molecule has 0 bridgehead atoms. The molecule has 2 aromatic rings. The van der Waals surface area contributed by atoms with Crippen LogP contribution in [0.5, 0.6) is 17.2 Å². The minimum atomic E-state index is -0.640. The Labute approximate surface area is 141 Å². The molecule has 0 aromatic heterocycles. The van der Waals surface area contributed by atoms with Crippen LogP contribution in [0, 0.1) is 10.1 Å². The molecule has 7 heteroatoms. The van der Waals surface area contributed by atoms with Crippen LogP contribution in [0.15, 0.2) is 40.9 Å². The van der Waals surface area contributed by atoms with E-state index < -0.39 is 10.8 Å². The van der Waals surface area contributed by atoms with Crippen LogP contribution in [-0.2, 0) is 0 Å². The zero-order valence-corrected chi connectivity index (χ0v) is 14.2. The molecule has 0 aliphatic rings. The molecule has 0 heterocycles. The van der Waals surface area contributed by atoms with Crippen molar-refractivity contribution in [1.29, 1.82) is 0 Å². The second-order valence-corrected chi connectivity index (χ2v) is 5.80. The van der Waals surface area contributed by atoms with Crippen molar-refractivity contribution in [2.75, 3.05) is 20.8 Å². The minimum Gasteiger partial charge on any atom is -0.507 e. The third kappa shape index (κ3) is 3.92. The highest BCUT2D eigenvalue weighted by atomic mass is 79.9. The first kappa shape index (κ1) is 17.1. The van der Waals surface area contributed by atoms with E-state index in [4.69, 9.17) is 9.47 Å². The van der Waals surface area contributed by atoms with Gasteiger partial charge < -0.3 is 14.6 Å². The van der Waals surface area contributed by atoms with E-state index in [1.807, 2.05) is 0 Å². The number of aromatic hydroxyl groups is 1. The summed E-state index contributed by atoms with van der Waals surface area (Å²) >= 11 is 3.34. The molecule has 0 saturated carbocycles. The number of hydrogen-bond donors (Lipinski definition) is 1. The molecule has 0 aliphatic carbocycles. The molecule has 0 spiro atoms. The second kappa shape index (κ2) is 7.32. The monoisotopic (exact) mass is 381 g/mol. The Kier molecular flexibility index (Phi) is 5.44. The number of hydrogen-bond acceptors (Lipinski definition) is 5. The fourth-order valence-electron chi connectivity index (χ4n) is 2.43. The van der Waals surface area contributed by atoms with Crippen LogP contribution in [0.3, 0.4) is 0 Å². The first-order valence-corrected chi connectivity index (χ1v) is 7.57. The lowest BCUT2D eigenvalue weighted by Crippen LogP contribution is -2.15. The van der Waals surface area contributed by atoms with Gasteiger partial charge >= 0.3 is 0 Å². The van der Waals surface area contributed by atoms with Crippen LogP contribution in [-0.4, -0.2) is 30.8 Å². The molecular formula is C16H16BrNO5. The minimum absolute atomic E-state index is 0.101. The third-order valence-corrected chi connectivity index (χ3v) is 4.03. The zero-order valence-electron chi connectivity index (χ0n) is 12.7. The van der Waals surface area contributed by atoms with E-state index in [1.54, 1.807) is 30.3 Å². The second-order valence-electron chi connectivity index (χ2n) is 4.88. The van der Waals surface area contributed by atoms with Gasteiger partial charge in [-0.15, -0.1) is 0 Å². The van der Waals surface area contributed by atoms with Crippen molar-refractivity contribution in [3.8, 4) is 17.2 Å². The number of nitrogens with zero attached hydrogens (tertiary/aromatic N) is 1. The molecule has 0 fully saturated rings. The molecule has 0 saturated heterocycles. The lowest BCUT2D eigenvalue weighted by Gasteiger charge is -2.19. The molecule has 1 N–H and O–H groups in total. The molecule has 1 atom stereocenters. The van der Waals surface area contributed by atoms with Gasteiger partial charge in [-0.05, 0) is 17.7 Å². The average Bonchev–Trinajstić information content (AvgIpc) is 2.52. The highest BCUT2D eigenvalue weighted by Crippen LogP contribution is 2.41. The van der Waals surface area contributed by atoms with Gasteiger partial charge in [0.2, 0.25) is 6.54 Å². The summed E-state index contributed by atoms with van der Waals surface area (Å²) in [5.74, 6) is 0.0188. The van der Waals surface area contributed by atoms with E-state index in [2.05, 4.69) is 15.9 Å². The summed E-state index contributed by atoms with van der Waals surface area (Å²) in [6, 6.07) is 10.2. The summed E-state index contributed by atoms with van der Waals surface area (Å²) in [5, 5.41) is 21.4. The van der Waals surface area contributed by atoms with Gasteiger partial charge in [0, 0.05) is 21.5 Å². The summed E-state index contributed by atoms with van der Waals surface area (Å²) in [5.41, 5.74) is 1.08. The van der Waals surface area contributed by atoms with E-state index in [1.165, 1.54) is 20.3 Å². The fraction of sp³-hybridized carbons (Fsp3) is 0.250. The van der Waals surface area contributed by atoms with Gasteiger partial charge in [0.25, 0.3) is 0 Å².